The fraction of sp³-hybridized carbons (Fsp3) is 0.714. The lowest BCUT2D eigenvalue weighted by molar-refractivity contribution is 0.623. The Morgan fingerprint density at radius 1 is 1.43 bits per heavy atom. The van der Waals surface area contributed by atoms with E-state index in [-0.39, 0.29) is 0 Å². The quantitative estimate of drug-likeness (QED) is 0.901. The Morgan fingerprint density at radius 3 is 2.71 bits per heavy atom. The Bertz CT molecular complexity index is 333. The molecule has 0 saturated carbocycles. The first-order valence-corrected chi connectivity index (χ1v) is 7.44. The van der Waals surface area contributed by atoms with Gasteiger partial charge in [0, 0.05) is 28.3 Å². The Labute approximate surface area is 97.1 Å². The zero-order chi connectivity index (χ0) is 9.97. The maximum atomic E-state index is 11.1. The van der Waals surface area contributed by atoms with Crippen LogP contribution in [0.3, 0.4) is 0 Å². The highest BCUT2D eigenvalue weighted by atomic mass is 79.9. The molecule has 1 aliphatic heterocycles. The topological polar surface area (TPSA) is 54.9 Å². The van der Waals surface area contributed by atoms with Crippen LogP contribution in [0.4, 0.5) is 5.13 Å². The second-order valence-electron chi connectivity index (χ2n) is 3.13. The molecule has 14 heavy (non-hydrogen) atoms. The van der Waals surface area contributed by atoms with Gasteiger partial charge in [0.25, 0.3) is 0 Å². The van der Waals surface area contributed by atoms with E-state index in [1.165, 1.54) is 11.3 Å². The van der Waals surface area contributed by atoms with Crippen molar-refractivity contribution in [1.82, 2.24) is 10.2 Å². The molecule has 0 unspecified atom stereocenters. The van der Waals surface area contributed by atoms with Crippen molar-refractivity contribution < 1.29 is 4.21 Å². The van der Waals surface area contributed by atoms with Gasteiger partial charge < -0.3 is 5.32 Å². The van der Waals surface area contributed by atoms with Crippen molar-refractivity contribution >= 4 is 43.2 Å². The molecule has 4 nitrogen and oxygen atoms in total. The summed E-state index contributed by atoms with van der Waals surface area (Å²) in [5.74, 6) is 1.61. The van der Waals surface area contributed by atoms with Crippen molar-refractivity contribution in [3.63, 3.8) is 0 Å². The van der Waals surface area contributed by atoms with Gasteiger partial charge in [0.2, 0.25) is 5.13 Å². The van der Waals surface area contributed by atoms with Gasteiger partial charge in [0.15, 0.2) is 3.92 Å². The lowest BCUT2D eigenvalue weighted by Gasteiger charge is -2.21. The predicted molar refractivity (Wildman–Crippen MR) is 62.1 cm³/mol. The lowest BCUT2D eigenvalue weighted by Crippen LogP contribution is -2.29. The highest BCUT2D eigenvalue weighted by molar-refractivity contribution is 9.11. The molecule has 0 amide bonds. The van der Waals surface area contributed by atoms with E-state index in [1.54, 1.807) is 0 Å². The van der Waals surface area contributed by atoms with Gasteiger partial charge in [-0.25, -0.2) is 0 Å². The van der Waals surface area contributed by atoms with E-state index >= 15 is 0 Å². The van der Waals surface area contributed by atoms with E-state index in [2.05, 4.69) is 31.4 Å². The third kappa shape index (κ3) is 2.74. The molecule has 0 radical (unpaired) electrons. The minimum atomic E-state index is -0.596. The second-order valence-corrected chi connectivity index (χ2v) is 7.08. The van der Waals surface area contributed by atoms with E-state index in [4.69, 9.17) is 0 Å². The molecule has 1 saturated heterocycles. The first-order chi connectivity index (χ1) is 6.74. The third-order valence-corrected chi connectivity index (χ3v) is 4.79. The fourth-order valence-corrected chi connectivity index (χ4v) is 3.76. The van der Waals surface area contributed by atoms with Crippen LogP contribution in [0.5, 0.6) is 0 Å². The van der Waals surface area contributed by atoms with E-state index in [0.29, 0.717) is 6.04 Å². The molecule has 1 aromatic heterocycles. The average Bonchev–Trinajstić information content (AvgIpc) is 2.56. The monoisotopic (exact) mass is 295 g/mol. The molecule has 0 bridgehead atoms. The summed E-state index contributed by atoms with van der Waals surface area (Å²) in [7, 11) is -0.596. The van der Waals surface area contributed by atoms with Crippen molar-refractivity contribution in [3.05, 3.63) is 3.92 Å². The SMILES string of the molecule is O=S1CCC(Nc2nnc(Br)s2)CC1. The summed E-state index contributed by atoms with van der Waals surface area (Å²) in [5.41, 5.74) is 0. The van der Waals surface area contributed by atoms with Crippen LogP contribution in [-0.4, -0.2) is 32.0 Å². The number of hydrogen-bond acceptors (Lipinski definition) is 5. The van der Waals surface area contributed by atoms with Gasteiger partial charge in [-0.1, -0.05) is 11.3 Å². The molecule has 2 rings (SSSR count). The second kappa shape index (κ2) is 4.67. The Morgan fingerprint density at radius 2 is 2.14 bits per heavy atom. The number of anilines is 1. The van der Waals surface area contributed by atoms with Crippen LogP contribution in [0.2, 0.25) is 0 Å². The van der Waals surface area contributed by atoms with Gasteiger partial charge in [-0.15, -0.1) is 10.2 Å². The van der Waals surface area contributed by atoms with E-state index < -0.39 is 10.8 Å². The number of halogens is 1. The number of hydrogen-bond donors (Lipinski definition) is 1. The number of nitrogens with zero attached hydrogens (tertiary/aromatic N) is 2. The van der Waals surface area contributed by atoms with Crippen molar-refractivity contribution in [2.45, 2.75) is 18.9 Å². The van der Waals surface area contributed by atoms with Gasteiger partial charge in [-0.3, -0.25) is 4.21 Å². The third-order valence-electron chi connectivity index (χ3n) is 2.12. The molecule has 1 aliphatic rings. The zero-order valence-corrected chi connectivity index (χ0v) is 10.6. The first kappa shape index (κ1) is 10.5. The molecular weight excluding hydrogens is 286 g/mol. The fourth-order valence-electron chi connectivity index (χ4n) is 1.38. The zero-order valence-electron chi connectivity index (χ0n) is 7.40. The van der Waals surface area contributed by atoms with Crippen molar-refractivity contribution in [3.8, 4) is 0 Å². The van der Waals surface area contributed by atoms with E-state index in [1.807, 2.05) is 0 Å². The molecule has 1 N–H and O–H groups in total. The molecule has 0 aromatic carbocycles. The van der Waals surface area contributed by atoms with Crippen LogP contribution in [0, 0.1) is 0 Å². The molecular formula is C7H10BrN3OS2. The molecule has 7 heteroatoms. The molecule has 1 fully saturated rings. The summed E-state index contributed by atoms with van der Waals surface area (Å²) >= 11 is 4.75. The van der Waals surface area contributed by atoms with Crippen LogP contribution in [0.15, 0.2) is 3.92 Å². The summed E-state index contributed by atoms with van der Waals surface area (Å²) in [6.07, 6.45) is 1.92. The summed E-state index contributed by atoms with van der Waals surface area (Å²) < 4.78 is 11.9. The summed E-state index contributed by atoms with van der Waals surface area (Å²) in [6, 6.07) is 0.410. The Balaban J connectivity index is 1.89. The molecule has 78 valence electrons. The highest BCUT2D eigenvalue weighted by Gasteiger charge is 2.18. The predicted octanol–water partition coefficient (Wildman–Crippen LogP) is 1.62. The molecule has 2 heterocycles. The molecule has 0 aliphatic carbocycles. The maximum Gasteiger partial charge on any atom is 0.206 e. The summed E-state index contributed by atoms with van der Waals surface area (Å²) in [4.78, 5) is 0. The van der Waals surface area contributed by atoms with Crippen LogP contribution in [-0.2, 0) is 10.8 Å². The van der Waals surface area contributed by atoms with Crippen molar-refractivity contribution in [2.24, 2.45) is 0 Å². The molecule has 1 aromatic rings. The standard InChI is InChI=1S/C7H10BrN3OS2/c8-6-10-11-7(13-6)9-5-1-3-14(12)4-2-5/h5H,1-4H2,(H,9,11). The van der Waals surface area contributed by atoms with Crippen LogP contribution in [0.25, 0.3) is 0 Å². The van der Waals surface area contributed by atoms with Gasteiger partial charge in [0.1, 0.15) is 0 Å². The van der Waals surface area contributed by atoms with E-state index in [9.17, 15) is 4.21 Å². The lowest BCUT2D eigenvalue weighted by atomic mass is 10.2. The van der Waals surface area contributed by atoms with Gasteiger partial charge in [0.05, 0.1) is 0 Å². The summed E-state index contributed by atoms with van der Waals surface area (Å²) in [6.45, 7) is 0. The van der Waals surface area contributed by atoms with Gasteiger partial charge in [-0.05, 0) is 28.8 Å². The average molecular weight is 296 g/mol. The van der Waals surface area contributed by atoms with Crippen molar-refractivity contribution in [1.29, 1.82) is 0 Å². The maximum absolute atomic E-state index is 11.1. The molecule has 0 spiro atoms. The van der Waals surface area contributed by atoms with Gasteiger partial charge in [-0.2, -0.15) is 0 Å². The van der Waals surface area contributed by atoms with Gasteiger partial charge >= 0.3 is 0 Å². The smallest absolute Gasteiger partial charge is 0.206 e. The minimum Gasteiger partial charge on any atom is -0.357 e. The van der Waals surface area contributed by atoms with Crippen LogP contribution >= 0.6 is 27.3 Å². The number of rotatable bonds is 2. The molecule has 0 atom stereocenters. The summed E-state index contributed by atoms with van der Waals surface area (Å²) in [5, 5.41) is 12.0. The van der Waals surface area contributed by atoms with Crippen LogP contribution in [0.1, 0.15) is 12.8 Å². The highest BCUT2D eigenvalue weighted by Crippen LogP contribution is 2.22. The Hall–Kier alpha value is -0.0100. The van der Waals surface area contributed by atoms with Crippen molar-refractivity contribution in [2.75, 3.05) is 16.8 Å². The largest absolute Gasteiger partial charge is 0.357 e. The normalized spacial score (nSPS) is 27.5. The number of nitrogens with one attached hydrogen (secondary N) is 1. The Kier molecular flexibility index (Phi) is 3.51. The minimum absolute atomic E-state index is 0.410. The first-order valence-electron chi connectivity index (χ1n) is 4.34. The number of aromatic nitrogens is 2. The van der Waals surface area contributed by atoms with Crippen LogP contribution < -0.4 is 5.32 Å². The van der Waals surface area contributed by atoms with E-state index in [0.717, 1.165) is 33.4 Å².